The van der Waals surface area contributed by atoms with Gasteiger partial charge in [-0.25, -0.2) is 9.18 Å². The Kier molecular flexibility index (Phi) is 3.98. The predicted molar refractivity (Wildman–Crippen MR) is 60.6 cm³/mol. The number of amides is 1. The van der Waals surface area contributed by atoms with Crippen molar-refractivity contribution in [2.45, 2.75) is 13.8 Å². The van der Waals surface area contributed by atoms with Gasteiger partial charge in [0.2, 0.25) is 5.91 Å². The van der Waals surface area contributed by atoms with Gasteiger partial charge in [-0.05, 0) is 36.3 Å². The van der Waals surface area contributed by atoms with Crippen molar-refractivity contribution in [3.8, 4) is 0 Å². The normalized spacial score (nSPS) is 11.1. The van der Waals surface area contributed by atoms with Crippen molar-refractivity contribution in [1.29, 1.82) is 0 Å². The highest BCUT2D eigenvalue weighted by molar-refractivity contribution is 5.96. The minimum absolute atomic E-state index is 0.243. The molecule has 0 aliphatic heterocycles. The quantitative estimate of drug-likeness (QED) is 0.786. The van der Waals surface area contributed by atoms with Crippen LogP contribution in [0.5, 0.6) is 0 Å². The van der Waals surface area contributed by atoms with Crippen molar-refractivity contribution in [1.82, 2.24) is 5.32 Å². The molecule has 4 nitrogen and oxygen atoms in total. The zero-order valence-electron chi connectivity index (χ0n) is 9.45. The third kappa shape index (κ3) is 3.71. The summed E-state index contributed by atoms with van der Waals surface area (Å²) in [5.74, 6) is -2.11. The van der Waals surface area contributed by atoms with E-state index in [9.17, 15) is 14.0 Å². The number of carbonyl (C=O) groups excluding carboxylic acids is 1. The Labute approximate surface area is 97.8 Å². The zero-order valence-corrected chi connectivity index (χ0v) is 9.45. The van der Waals surface area contributed by atoms with E-state index in [0.717, 1.165) is 0 Å². The number of hydrogen-bond donors (Lipinski definition) is 2. The van der Waals surface area contributed by atoms with Crippen molar-refractivity contribution in [3.05, 3.63) is 40.8 Å². The minimum atomic E-state index is -1.25. The highest BCUT2D eigenvalue weighted by atomic mass is 19.1. The lowest BCUT2D eigenvalue weighted by atomic mass is 10.1. The van der Waals surface area contributed by atoms with E-state index < -0.39 is 17.7 Å². The van der Waals surface area contributed by atoms with Gasteiger partial charge in [0.25, 0.3) is 0 Å². The average molecular weight is 237 g/mol. The smallest absolute Gasteiger partial charge is 0.352 e. The van der Waals surface area contributed by atoms with Gasteiger partial charge in [-0.1, -0.05) is 6.07 Å². The fourth-order valence-electron chi connectivity index (χ4n) is 1.30. The largest absolute Gasteiger partial charge is 0.477 e. The van der Waals surface area contributed by atoms with Gasteiger partial charge in [-0.15, -0.1) is 0 Å². The molecule has 0 aliphatic rings. The average Bonchev–Trinajstić information content (AvgIpc) is 2.19. The maximum atomic E-state index is 12.8. The number of rotatable bonds is 3. The molecule has 0 atom stereocenters. The Balaban J connectivity index is 3.12. The number of carbonyl (C=O) groups is 2. The predicted octanol–water partition coefficient (Wildman–Crippen LogP) is 1.70. The summed E-state index contributed by atoms with van der Waals surface area (Å²) in [5, 5.41) is 11.1. The summed E-state index contributed by atoms with van der Waals surface area (Å²) in [7, 11) is 0. The molecule has 17 heavy (non-hydrogen) atoms. The molecule has 0 aromatic heterocycles. The van der Waals surface area contributed by atoms with E-state index in [-0.39, 0.29) is 5.70 Å². The first-order valence-electron chi connectivity index (χ1n) is 4.89. The maximum Gasteiger partial charge on any atom is 0.352 e. The second-order valence-corrected chi connectivity index (χ2v) is 3.55. The Hall–Kier alpha value is -2.17. The zero-order chi connectivity index (χ0) is 13.0. The van der Waals surface area contributed by atoms with Crippen LogP contribution in [0.3, 0.4) is 0 Å². The van der Waals surface area contributed by atoms with Crippen LogP contribution in [0.15, 0.2) is 23.9 Å². The van der Waals surface area contributed by atoms with Crippen LogP contribution in [0, 0.1) is 12.7 Å². The molecule has 0 fully saturated rings. The molecular formula is C12H12FNO3. The summed E-state index contributed by atoms with van der Waals surface area (Å²) < 4.78 is 12.8. The third-order valence-corrected chi connectivity index (χ3v) is 2.07. The summed E-state index contributed by atoms with van der Waals surface area (Å²) >= 11 is 0. The molecule has 1 aromatic carbocycles. The van der Waals surface area contributed by atoms with Crippen molar-refractivity contribution in [2.75, 3.05) is 0 Å². The number of aryl methyl sites for hydroxylation is 1. The van der Waals surface area contributed by atoms with Crippen molar-refractivity contribution in [3.63, 3.8) is 0 Å². The van der Waals surface area contributed by atoms with E-state index in [1.807, 2.05) is 0 Å². The van der Waals surface area contributed by atoms with E-state index in [0.29, 0.717) is 11.1 Å². The number of carboxylic acids is 1. The molecule has 1 aromatic rings. The molecule has 2 N–H and O–H groups in total. The standard InChI is InChI=1S/C12H12FNO3/c1-7-5-10(13)4-3-9(7)6-11(12(16)17)14-8(2)15/h3-6H,1-2H3,(H,14,15)(H,16,17)/b11-6+. The second-order valence-electron chi connectivity index (χ2n) is 3.55. The molecule has 0 aliphatic carbocycles. The topological polar surface area (TPSA) is 66.4 Å². The molecule has 0 saturated carbocycles. The maximum absolute atomic E-state index is 12.8. The van der Waals surface area contributed by atoms with E-state index in [2.05, 4.69) is 5.32 Å². The molecule has 1 amide bonds. The Bertz CT molecular complexity index is 495. The lowest BCUT2D eigenvalue weighted by Gasteiger charge is -2.05. The van der Waals surface area contributed by atoms with Crippen LogP contribution < -0.4 is 5.32 Å². The van der Waals surface area contributed by atoms with E-state index in [1.165, 1.54) is 31.2 Å². The lowest BCUT2D eigenvalue weighted by Crippen LogP contribution is -2.24. The highest BCUT2D eigenvalue weighted by Gasteiger charge is 2.09. The van der Waals surface area contributed by atoms with E-state index in [1.54, 1.807) is 6.92 Å². The Morgan fingerprint density at radius 3 is 2.53 bits per heavy atom. The first-order chi connectivity index (χ1) is 7.90. The number of aliphatic carboxylic acids is 1. The lowest BCUT2D eigenvalue weighted by molar-refractivity contribution is -0.134. The summed E-state index contributed by atoms with van der Waals surface area (Å²) in [5.41, 5.74) is 0.888. The summed E-state index contributed by atoms with van der Waals surface area (Å²) in [6.45, 7) is 2.87. The number of hydrogen-bond acceptors (Lipinski definition) is 2. The highest BCUT2D eigenvalue weighted by Crippen LogP contribution is 2.13. The van der Waals surface area contributed by atoms with Crippen LogP contribution >= 0.6 is 0 Å². The Morgan fingerprint density at radius 2 is 2.06 bits per heavy atom. The van der Waals surface area contributed by atoms with Gasteiger partial charge in [0.15, 0.2) is 0 Å². The number of halogens is 1. The number of carboxylic acid groups (broad SMARTS) is 1. The van der Waals surface area contributed by atoms with Crippen molar-refractivity contribution in [2.24, 2.45) is 0 Å². The molecule has 0 bridgehead atoms. The molecular weight excluding hydrogens is 225 g/mol. The first kappa shape index (κ1) is 12.9. The van der Waals surface area contributed by atoms with Crippen LogP contribution in [-0.4, -0.2) is 17.0 Å². The van der Waals surface area contributed by atoms with Crippen LogP contribution in [0.1, 0.15) is 18.1 Å². The first-order valence-corrected chi connectivity index (χ1v) is 4.89. The Morgan fingerprint density at radius 1 is 1.41 bits per heavy atom. The monoisotopic (exact) mass is 237 g/mol. The molecule has 90 valence electrons. The molecule has 1 rings (SSSR count). The van der Waals surface area contributed by atoms with Gasteiger partial charge in [0, 0.05) is 6.92 Å². The van der Waals surface area contributed by atoms with Gasteiger partial charge >= 0.3 is 5.97 Å². The van der Waals surface area contributed by atoms with Crippen LogP contribution in [0.25, 0.3) is 6.08 Å². The molecule has 0 saturated heterocycles. The molecule has 0 spiro atoms. The molecule has 0 unspecified atom stereocenters. The van der Waals surface area contributed by atoms with Crippen LogP contribution in [0.4, 0.5) is 4.39 Å². The number of benzene rings is 1. The SMILES string of the molecule is CC(=O)N/C(=C/c1ccc(F)cc1C)C(=O)O. The van der Waals surface area contributed by atoms with Crippen molar-refractivity contribution >= 4 is 18.0 Å². The third-order valence-electron chi connectivity index (χ3n) is 2.07. The molecule has 0 radical (unpaired) electrons. The summed E-state index contributed by atoms with van der Waals surface area (Å²) in [4.78, 5) is 21.7. The van der Waals surface area contributed by atoms with Gasteiger partial charge in [-0.3, -0.25) is 4.79 Å². The van der Waals surface area contributed by atoms with Crippen LogP contribution in [-0.2, 0) is 9.59 Å². The fourth-order valence-corrected chi connectivity index (χ4v) is 1.30. The minimum Gasteiger partial charge on any atom is -0.477 e. The summed E-state index contributed by atoms with van der Waals surface area (Å²) in [6, 6.07) is 3.97. The van der Waals surface area contributed by atoms with Gasteiger partial charge in [0.1, 0.15) is 11.5 Å². The van der Waals surface area contributed by atoms with Gasteiger partial charge < -0.3 is 10.4 Å². The van der Waals surface area contributed by atoms with Gasteiger partial charge in [-0.2, -0.15) is 0 Å². The van der Waals surface area contributed by atoms with Gasteiger partial charge in [0.05, 0.1) is 0 Å². The summed E-state index contributed by atoms with van der Waals surface area (Å²) in [6.07, 6.45) is 1.29. The van der Waals surface area contributed by atoms with Crippen LogP contribution in [0.2, 0.25) is 0 Å². The fraction of sp³-hybridized carbons (Fsp3) is 0.167. The van der Waals surface area contributed by atoms with E-state index >= 15 is 0 Å². The number of nitrogens with one attached hydrogen (secondary N) is 1. The molecule has 5 heteroatoms. The molecule has 0 heterocycles. The second kappa shape index (κ2) is 5.25. The van der Waals surface area contributed by atoms with Crippen molar-refractivity contribution < 1.29 is 19.1 Å². The van der Waals surface area contributed by atoms with E-state index in [4.69, 9.17) is 5.11 Å².